The maximum Gasteiger partial charge on any atom is 0.140 e. The standard InChI is InChI=1S/C17H18BrN3/c1-10-4-5-13(6-11(10)2)16-15(8-19)21-9-14(18)7-12(3)17(21)20-16/h4-7,9H,8,19H2,1-3H3. The minimum absolute atomic E-state index is 0.458. The Morgan fingerprint density at radius 2 is 1.86 bits per heavy atom. The summed E-state index contributed by atoms with van der Waals surface area (Å²) in [5.41, 5.74) is 13.8. The topological polar surface area (TPSA) is 43.3 Å². The Kier molecular flexibility index (Phi) is 3.59. The molecule has 0 aliphatic rings. The summed E-state index contributed by atoms with van der Waals surface area (Å²) in [5, 5.41) is 0. The summed E-state index contributed by atoms with van der Waals surface area (Å²) < 4.78 is 3.12. The number of rotatable bonds is 2. The highest BCUT2D eigenvalue weighted by atomic mass is 79.9. The van der Waals surface area contributed by atoms with E-state index >= 15 is 0 Å². The minimum Gasteiger partial charge on any atom is -0.325 e. The number of nitrogens with two attached hydrogens (primary N) is 1. The molecule has 4 heteroatoms. The van der Waals surface area contributed by atoms with E-state index in [0.29, 0.717) is 6.54 Å². The maximum absolute atomic E-state index is 5.99. The van der Waals surface area contributed by atoms with E-state index in [1.807, 2.05) is 6.20 Å². The number of aryl methyl sites for hydroxylation is 3. The van der Waals surface area contributed by atoms with Gasteiger partial charge in [0.05, 0.1) is 11.4 Å². The van der Waals surface area contributed by atoms with Crippen LogP contribution in [-0.2, 0) is 6.54 Å². The van der Waals surface area contributed by atoms with Crippen LogP contribution < -0.4 is 5.73 Å². The molecule has 0 saturated heterocycles. The predicted molar refractivity (Wildman–Crippen MR) is 90.4 cm³/mol. The molecule has 0 aliphatic heterocycles. The summed E-state index contributed by atoms with van der Waals surface area (Å²) >= 11 is 3.54. The summed E-state index contributed by atoms with van der Waals surface area (Å²) in [6.07, 6.45) is 2.03. The van der Waals surface area contributed by atoms with Crippen molar-refractivity contribution < 1.29 is 0 Å². The Balaban J connectivity index is 2.31. The second-order valence-electron chi connectivity index (χ2n) is 5.45. The zero-order chi connectivity index (χ0) is 15.1. The summed E-state index contributed by atoms with van der Waals surface area (Å²) in [7, 11) is 0. The van der Waals surface area contributed by atoms with Crippen molar-refractivity contribution in [1.82, 2.24) is 9.38 Å². The molecular formula is C17H18BrN3. The average molecular weight is 344 g/mol. The van der Waals surface area contributed by atoms with Crippen LogP contribution >= 0.6 is 15.9 Å². The van der Waals surface area contributed by atoms with Crippen molar-refractivity contribution >= 4 is 21.6 Å². The smallest absolute Gasteiger partial charge is 0.140 e. The average Bonchev–Trinajstić information content (AvgIpc) is 2.80. The van der Waals surface area contributed by atoms with Gasteiger partial charge in [-0.05, 0) is 65.5 Å². The fourth-order valence-electron chi connectivity index (χ4n) is 2.63. The zero-order valence-electron chi connectivity index (χ0n) is 12.4. The van der Waals surface area contributed by atoms with E-state index in [-0.39, 0.29) is 0 Å². The fourth-order valence-corrected chi connectivity index (χ4v) is 3.18. The van der Waals surface area contributed by atoms with E-state index < -0.39 is 0 Å². The summed E-state index contributed by atoms with van der Waals surface area (Å²) in [6.45, 7) is 6.77. The Labute approximate surface area is 132 Å². The quantitative estimate of drug-likeness (QED) is 0.759. The van der Waals surface area contributed by atoms with Crippen LogP contribution in [0, 0.1) is 20.8 Å². The molecule has 0 radical (unpaired) electrons. The van der Waals surface area contributed by atoms with E-state index in [0.717, 1.165) is 32.6 Å². The lowest BCUT2D eigenvalue weighted by atomic mass is 10.0. The molecule has 0 amide bonds. The van der Waals surface area contributed by atoms with Crippen molar-refractivity contribution in [3.8, 4) is 11.3 Å². The zero-order valence-corrected chi connectivity index (χ0v) is 14.0. The highest BCUT2D eigenvalue weighted by molar-refractivity contribution is 9.10. The molecule has 0 bridgehead atoms. The molecule has 0 aliphatic carbocycles. The van der Waals surface area contributed by atoms with Crippen molar-refractivity contribution in [2.45, 2.75) is 27.3 Å². The first-order valence-corrected chi connectivity index (χ1v) is 7.75. The van der Waals surface area contributed by atoms with Gasteiger partial charge in [-0.25, -0.2) is 4.98 Å². The predicted octanol–water partition coefficient (Wildman–Crippen LogP) is 4.15. The number of hydrogen-bond acceptors (Lipinski definition) is 2. The van der Waals surface area contributed by atoms with E-state index in [1.165, 1.54) is 11.1 Å². The number of benzene rings is 1. The number of pyridine rings is 1. The normalized spacial score (nSPS) is 11.3. The molecule has 1 aromatic carbocycles. The summed E-state index contributed by atoms with van der Waals surface area (Å²) in [5.74, 6) is 0. The van der Waals surface area contributed by atoms with Crippen LogP contribution in [0.1, 0.15) is 22.4 Å². The number of hydrogen-bond donors (Lipinski definition) is 1. The number of aromatic nitrogens is 2. The minimum atomic E-state index is 0.458. The van der Waals surface area contributed by atoms with Gasteiger partial charge in [-0.3, -0.25) is 0 Å². The highest BCUT2D eigenvalue weighted by Gasteiger charge is 2.15. The number of halogens is 1. The van der Waals surface area contributed by atoms with Gasteiger partial charge in [-0.1, -0.05) is 12.1 Å². The first kappa shape index (κ1) is 14.3. The third kappa shape index (κ3) is 2.39. The molecule has 2 N–H and O–H groups in total. The summed E-state index contributed by atoms with van der Waals surface area (Å²) in [6, 6.07) is 8.51. The molecule has 0 fully saturated rings. The largest absolute Gasteiger partial charge is 0.325 e. The molecule has 108 valence electrons. The first-order valence-electron chi connectivity index (χ1n) is 6.96. The van der Waals surface area contributed by atoms with Gasteiger partial charge in [0.1, 0.15) is 5.65 Å². The second-order valence-corrected chi connectivity index (χ2v) is 6.36. The van der Waals surface area contributed by atoms with Crippen LogP contribution in [0.3, 0.4) is 0 Å². The van der Waals surface area contributed by atoms with Crippen LogP contribution in [0.2, 0.25) is 0 Å². The molecule has 21 heavy (non-hydrogen) atoms. The van der Waals surface area contributed by atoms with E-state index in [1.54, 1.807) is 0 Å². The van der Waals surface area contributed by atoms with Gasteiger partial charge < -0.3 is 10.1 Å². The van der Waals surface area contributed by atoms with Gasteiger partial charge in [0.25, 0.3) is 0 Å². The second kappa shape index (κ2) is 5.28. The van der Waals surface area contributed by atoms with Gasteiger partial charge >= 0.3 is 0 Å². The van der Waals surface area contributed by atoms with Crippen molar-refractivity contribution in [1.29, 1.82) is 0 Å². The van der Waals surface area contributed by atoms with Crippen molar-refractivity contribution in [2.75, 3.05) is 0 Å². The molecule has 2 heterocycles. The van der Waals surface area contributed by atoms with Crippen LogP contribution in [0.25, 0.3) is 16.9 Å². The van der Waals surface area contributed by atoms with Crippen molar-refractivity contribution in [2.24, 2.45) is 5.73 Å². The third-order valence-corrected chi connectivity index (χ3v) is 4.38. The van der Waals surface area contributed by atoms with E-state index in [2.05, 4.69) is 65.4 Å². The SMILES string of the molecule is Cc1ccc(-c2nc3c(C)cc(Br)cn3c2CN)cc1C. The highest BCUT2D eigenvalue weighted by Crippen LogP contribution is 2.28. The number of nitrogens with zero attached hydrogens (tertiary/aromatic N) is 2. The van der Waals surface area contributed by atoms with Gasteiger partial charge in [0.15, 0.2) is 0 Å². The molecule has 0 atom stereocenters. The monoisotopic (exact) mass is 343 g/mol. The molecule has 3 rings (SSSR count). The van der Waals surface area contributed by atoms with Gasteiger partial charge in [0, 0.05) is 22.8 Å². The Morgan fingerprint density at radius 3 is 2.52 bits per heavy atom. The van der Waals surface area contributed by atoms with E-state index in [9.17, 15) is 0 Å². The first-order chi connectivity index (χ1) is 10.0. The van der Waals surface area contributed by atoms with Gasteiger partial charge in [-0.15, -0.1) is 0 Å². The molecule has 3 nitrogen and oxygen atoms in total. The van der Waals surface area contributed by atoms with Crippen LogP contribution in [0.4, 0.5) is 0 Å². The lowest BCUT2D eigenvalue weighted by Gasteiger charge is -2.06. The molecule has 3 aromatic rings. The van der Waals surface area contributed by atoms with Crippen LogP contribution in [0.5, 0.6) is 0 Å². The molecule has 0 saturated carbocycles. The maximum atomic E-state index is 5.99. The van der Waals surface area contributed by atoms with Crippen molar-refractivity contribution in [3.63, 3.8) is 0 Å². The molecule has 0 spiro atoms. The lowest BCUT2D eigenvalue weighted by molar-refractivity contribution is 0.956. The molecule has 2 aromatic heterocycles. The summed E-state index contributed by atoms with van der Waals surface area (Å²) in [4.78, 5) is 4.83. The Morgan fingerprint density at radius 1 is 1.10 bits per heavy atom. The van der Waals surface area contributed by atoms with Crippen LogP contribution in [0.15, 0.2) is 34.9 Å². The van der Waals surface area contributed by atoms with E-state index in [4.69, 9.17) is 10.7 Å². The number of imidazole rings is 1. The number of fused-ring (bicyclic) bond motifs is 1. The van der Waals surface area contributed by atoms with Gasteiger partial charge in [-0.2, -0.15) is 0 Å². The Bertz CT molecular complexity index is 834. The Hall–Kier alpha value is -1.65. The fraction of sp³-hybridized carbons (Fsp3) is 0.235. The van der Waals surface area contributed by atoms with Crippen molar-refractivity contribution in [3.05, 3.63) is 57.3 Å². The third-order valence-electron chi connectivity index (χ3n) is 3.94. The van der Waals surface area contributed by atoms with Crippen LogP contribution in [-0.4, -0.2) is 9.38 Å². The molecular weight excluding hydrogens is 326 g/mol. The lowest BCUT2D eigenvalue weighted by Crippen LogP contribution is -2.03. The molecule has 0 unspecified atom stereocenters. The van der Waals surface area contributed by atoms with Gasteiger partial charge in [0.2, 0.25) is 0 Å².